The van der Waals surface area contributed by atoms with E-state index in [2.05, 4.69) is 6.92 Å². The average molecular weight is 186 g/mol. The fraction of sp³-hybridized carbons (Fsp3) is 0.909. The van der Waals surface area contributed by atoms with E-state index in [1.54, 1.807) is 0 Å². The zero-order valence-corrected chi connectivity index (χ0v) is 9.05. The highest BCUT2D eigenvalue weighted by Gasteiger charge is 2.11. The van der Waals surface area contributed by atoms with Crippen molar-refractivity contribution in [3.8, 4) is 0 Å². The average Bonchev–Trinajstić information content (AvgIpc) is 2.13. The predicted octanol–water partition coefficient (Wildman–Crippen LogP) is 2.40. The van der Waals surface area contributed by atoms with Crippen molar-refractivity contribution in [3.63, 3.8) is 0 Å². The number of hydrogen-bond donors (Lipinski definition) is 1. The van der Waals surface area contributed by atoms with Crippen molar-refractivity contribution in [2.24, 2.45) is 11.8 Å². The van der Waals surface area contributed by atoms with Crippen LogP contribution in [0.4, 0.5) is 0 Å². The molecule has 0 aromatic carbocycles. The van der Waals surface area contributed by atoms with Crippen molar-refractivity contribution in [2.75, 3.05) is 6.61 Å². The summed E-state index contributed by atoms with van der Waals surface area (Å²) in [5, 5.41) is 8.69. The summed E-state index contributed by atoms with van der Waals surface area (Å²) in [5.74, 6) is 1.10. The zero-order valence-electron chi connectivity index (χ0n) is 9.05. The first-order chi connectivity index (χ1) is 6.11. The molecule has 0 spiro atoms. The number of rotatable bonds is 7. The van der Waals surface area contributed by atoms with E-state index in [4.69, 9.17) is 5.11 Å². The van der Waals surface area contributed by atoms with Gasteiger partial charge < -0.3 is 5.11 Å². The van der Waals surface area contributed by atoms with Crippen LogP contribution < -0.4 is 0 Å². The molecular weight excluding hydrogens is 164 g/mol. The van der Waals surface area contributed by atoms with Crippen LogP contribution in [0.3, 0.4) is 0 Å². The molecule has 0 fully saturated rings. The summed E-state index contributed by atoms with van der Waals surface area (Å²) in [6.07, 6.45) is 3.52. The molecule has 0 saturated carbocycles. The maximum atomic E-state index is 11.2. The van der Waals surface area contributed by atoms with Crippen LogP contribution in [0.25, 0.3) is 0 Å². The van der Waals surface area contributed by atoms with Crippen LogP contribution in [0, 0.1) is 11.8 Å². The molecule has 0 saturated heterocycles. The van der Waals surface area contributed by atoms with Crippen molar-refractivity contribution in [3.05, 3.63) is 0 Å². The van der Waals surface area contributed by atoms with Gasteiger partial charge in [0.25, 0.3) is 0 Å². The van der Waals surface area contributed by atoms with Crippen molar-refractivity contribution in [1.29, 1.82) is 0 Å². The van der Waals surface area contributed by atoms with Crippen molar-refractivity contribution >= 4 is 5.78 Å². The van der Waals surface area contributed by atoms with Gasteiger partial charge in [-0.1, -0.05) is 20.8 Å². The summed E-state index contributed by atoms with van der Waals surface area (Å²) < 4.78 is 0. The summed E-state index contributed by atoms with van der Waals surface area (Å²) in [6.45, 7) is 6.30. The zero-order chi connectivity index (χ0) is 10.3. The van der Waals surface area contributed by atoms with Gasteiger partial charge in [-0.3, -0.25) is 4.79 Å². The van der Waals surface area contributed by atoms with Gasteiger partial charge in [0.2, 0.25) is 0 Å². The van der Waals surface area contributed by atoms with Gasteiger partial charge in [-0.25, -0.2) is 0 Å². The molecule has 2 nitrogen and oxygen atoms in total. The summed E-state index contributed by atoms with van der Waals surface area (Å²) in [6, 6.07) is 0. The fourth-order valence-electron chi connectivity index (χ4n) is 1.41. The van der Waals surface area contributed by atoms with Crippen molar-refractivity contribution < 1.29 is 9.90 Å². The molecule has 0 amide bonds. The van der Waals surface area contributed by atoms with Crippen LogP contribution in [0.5, 0.6) is 0 Å². The van der Waals surface area contributed by atoms with E-state index < -0.39 is 0 Å². The number of hydrogen-bond acceptors (Lipinski definition) is 2. The Morgan fingerprint density at radius 2 is 1.85 bits per heavy atom. The normalized spacial score (nSPS) is 15.4. The summed E-state index contributed by atoms with van der Waals surface area (Å²) in [5.41, 5.74) is 0. The summed E-state index contributed by atoms with van der Waals surface area (Å²) >= 11 is 0. The van der Waals surface area contributed by atoms with E-state index in [0.717, 1.165) is 19.3 Å². The number of Topliss-reactive ketones (excluding diaryl/α,β-unsaturated/α-hetero) is 1. The molecule has 2 heteroatoms. The third-order valence-corrected chi connectivity index (χ3v) is 2.61. The number of aliphatic hydroxyl groups is 1. The second-order valence-electron chi connectivity index (χ2n) is 3.92. The number of carbonyl (C=O) groups is 1. The smallest absolute Gasteiger partial charge is 0.135 e. The van der Waals surface area contributed by atoms with Crippen molar-refractivity contribution in [1.82, 2.24) is 0 Å². The Hall–Kier alpha value is -0.370. The molecule has 0 rings (SSSR count). The van der Waals surface area contributed by atoms with Crippen LogP contribution in [0.1, 0.15) is 46.5 Å². The maximum Gasteiger partial charge on any atom is 0.135 e. The molecule has 0 heterocycles. The fourth-order valence-corrected chi connectivity index (χ4v) is 1.41. The summed E-state index contributed by atoms with van der Waals surface area (Å²) in [7, 11) is 0. The Kier molecular flexibility index (Phi) is 6.87. The molecule has 0 aliphatic heterocycles. The first kappa shape index (κ1) is 12.6. The highest BCUT2D eigenvalue weighted by molar-refractivity contribution is 5.80. The highest BCUT2D eigenvalue weighted by Crippen LogP contribution is 2.16. The Morgan fingerprint density at radius 1 is 1.23 bits per heavy atom. The first-order valence-electron chi connectivity index (χ1n) is 5.25. The van der Waals surface area contributed by atoms with Crippen LogP contribution >= 0.6 is 0 Å². The lowest BCUT2D eigenvalue weighted by Crippen LogP contribution is -2.11. The van der Waals surface area contributed by atoms with Gasteiger partial charge in [-0.2, -0.15) is 0 Å². The molecule has 0 aromatic heterocycles. The Labute approximate surface area is 81.3 Å². The van der Waals surface area contributed by atoms with Gasteiger partial charge >= 0.3 is 0 Å². The molecule has 1 N–H and O–H groups in total. The quantitative estimate of drug-likeness (QED) is 0.663. The molecule has 0 aliphatic carbocycles. The lowest BCUT2D eigenvalue weighted by Gasteiger charge is -2.13. The van der Waals surface area contributed by atoms with E-state index in [9.17, 15) is 4.79 Å². The van der Waals surface area contributed by atoms with E-state index in [0.29, 0.717) is 18.1 Å². The van der Waals surface area contributed by atoms with E-state index in [1.807, 2.05) is 13.8 Å². The molecule has 13 heavy (non-hydrogen) atoms. The van der Waals surface area contributed by atoms with Crippen LogP contribution in [0.15, 0.2) is 0 Å². The third kappa shape index (κ3) is 5.81. The minimum atomic E-state index is 0.200. The molecule has 0 radical (unpaired) electrons. The first-order valence-corrected chi connectivity index (χ1v) is 5.25. The SMILES string of the molecule is CCC(=O)C(C)CCC(C)CCO. The van der Waals surface area contributed by atoms with Gasteiger partial charge in [-0.15, -0.1) is 0 Å². The number of carbonyl (C=O) groups excluding carboxylic acids is 1. The highest BCUT2D eigenvalue weighted by atomic mass is 16.3. The van der Waals surface area contributed by atoms with E-state index in [1.165, 1.54) is 0 Å². The lowest BCUT2D eigenvalue weighted by molar-refractivity contribution is -0.122. The van der Waals surface area contributed by atoms with E-state index in [-0.39, 0.29) is 12.5 Å². The minimum absolute atomic E-state index is 0.200. The largest absolute Gasteiger partial charge is 0.396 e. The van der Waals surface area contributed by atoms with Gasteiger partial charge in [0.05, 0.1) is 0 Å². The molecular formula is C11H22O2. The van der Waals surface area contributed by atoms with Crippen LogP contribution in [0.2, 0.25) is 0 Å². The Bertz CT molecular complexity index is 143. The van der Waals surface area contributed by atoms with Gasteiger partial charge in [0.1, 0.15) is 5.78 Å². The molecule has 0 bridgehead atoms. The topological polar surface area (TPSA) is 37.3 Å². The van der Waals surface area contributed by atoms with Gasteiger partial charge in [0.15, 0.2) is 0 Å². The standard InChI is InChI=1S/C11H22O2/c1-4-11(13)10(3)6-5-9(2)7-8-12/h9-10,12H,4-8H2,1-3H3. The molecule has 0 aromatic rings. The minimum Gasteiger partial charge on any atom is -0.396 e. The monoisotopic (exact) mass is 186 g/mol. The lowest BCUT2D eigenvalue weighted by atomic mass is 9.93. The second-order valence-corrected chi connectivity index (χ2v) is 3.92. The maximum absolute atomic E-state index is 11.2. The van der Waals surface area contributed by atoms with Gasteiger partial charge in [0, 0.05) is 18.9 Å². The van der Waals surface area contributed by atoms with E-state index >= 15 is 0 Å². The summed E-state index contributed by atoms with van der Waals surface area (Å²) in [4.78, 5) is 11.2. The molecule has 2 atom stereocenters. The molecule has 78 valence electrons. The molecule has 2 unspecified atom stereocenters. The van der Waals surface area contributed by atoms with Gasteiger partial charge in [-0.05, 0) is 25.2 Å². The third-order valence-electron chi connectivity index (χ3n) is 2.61. The number of aliphatic hydroxyl groups excluding tert-OH is 1. The van der Waals surface area contributed by atoms with Crippen LogP contribution in [-0.2, 0) is 4.79 Å². The van der Waals surface area contributed by atoms with Crippen molar-refractivity contribution in [2.45, 2.75) is 46.5 Å². The second kappa shape index (κ2) is 7.07. The Morgan fingerprint density at radius 3 is 2.31 bits per heavy atom. The Balaban J connectivity index is 3.56. The number of ketones is 1. The van der Waals surface area contributed by atoms with Crippen LogP contribution in [-0.4, -0.2) is 17.5 Å². The predicted molar refractivity (Wildman–Crippen MR) is 54.6 cm³/mol. The molecule has 0 aliphatic rings.